The molecule has 0 saturated carbocycles. The molecule has 0 radical (unpaired) electrons. The van der Waals surface area contributed by atoms with Gasteiger partial charge in [0.2, 0.25) is 11.8 Å². The number of anilines is 1. The first-order valence-electron chi connectivity index (χ1n) is 8.55. The maximum atomic E-state index is 12.0. The van der Waals surface area contributed by atoms with Crippen molar-refractivity contribution in [3.8, 4) is 23.8 Å². The molecule has 0 aliphatic carbocycles. The third-order valence-electron chi connectivity index (χ3n) is 3.69. The topological polar surface area (TPSA) is 89.0 Å². The summed E-state index contributed by atoms with van der Waals surface area (Å²) in [6.45, 7) is 1.91. The van der Waals surface area contributed by atoms with Crippen LogP contribution in [-0.2, 0) is 9.59 Å². The van der Waals surface area contributed by atoms with Gasteiger partial charge in [-0.3, -0.25) is 9.59 Å². The molecule has 0 bridgehead atoms. The van der Waals surface area contributed by atoms with Crippen LogP contribution in [-0.4, -0.2) is 31.7 Å². The molecular formula is C21H20ClN3O4. The summed E-state index contributed by atoms with van der Waals surface area (Å²) in [5, 5.41) is 6.80. The summed E-state index contributed by atoms with van der Waals surface area (Å²) in [6.07, 6.45) is 6.18. The van der Waals surface area contributed by atoms with E-state index in [2.05, 4.69) is 21.8 Å². The van der Waals surface area contributed by atoms with Crippen LogP contribution < -0.4 is 20.2 Å². The fraction of sp³-hybridized carbons (Fsp3) is 0.190. The van der Waals surface area contributed by atoms with Crippen LogP contribution in [0.4, 0.5) is 5.69 Å². The van der Waals surface area contributed by atoms with E-state index < -0.39 is 11.8 Å². The highest BCUT2D eigenvalue weighted by Crippen LogP contribution is 2.35. The molecule has 150 valence electrons. The molecule has 0 saturated heterocycles. The normalized spacial score (nSPS) is 10.3. The van der Waals surface area contributed by atoms with E-state index in [4.69, 9.17) is 27.5 Å². The highest BCUT2D eigenvalue weighted by Gasteiger charge is 2.12. The number of nitrogens with one attached hydrogen (secondary N) is 2. The Morgan fingerprint density at radius 1 is 1.28 bits per heavy atom. The molecule has 29 heavy (non-hydrogen) atoms. The number of carbonyl (C=O) groups excluding carboxylic acids is 2. The zero-order valence-corrected chi connectivity index (χ0v) is 16.7. The molecule has 0 aromatic heterocycles. The van der Waals surface area contributed by atoms with Gasteiger partial charge in [0.05, 0.1) is 18.3 Å². The first kappa shape index (κ1) is 21.8. The molecule has 2 aromatic rings. The Balaban J connectivity index is 1.94. The number of hydrogen-bond acceptors (Lipinski definition) is 5. The number of para-hydroxylation sites is 1. The standard InChI is InChI=1S/C21H20ClN3O4/c1-4-9-29-21-16(22)10-15(11-18(21)28-3)13-23-25-20(27)12-19(26)24-17-8-6-5-7-14(17)2/h1,5-8,10-11,13H,9,12H2,2-3H3,(H,24,26)(H,25,27). The zero-order valence-electron chi connectivity index (χ0n) is 16.0. The SMILES string of the molecule is C#CCOc1c(Cl)cc(C=NNC(=O)CC(=O)Nc2ccccc2C)cc1OC. The van der Waals surface area contributed by atoms with Crippen molar-refractivity contribution in [3.63, 3.8) is 0 Å². The van der Waals surface area contributed by atoms with Crippen LogP contribution in [0.1, 0.15) is 17.5 Å². The van der Waals surface area contributed by atoms with Crippen molar-refractivity contribution >= 4 is 35.3 Å². The van der Waals surface area contributed by atoms with Crippen molar-refractivity contribution in [2.24, 2.45) is 5.10 Å². The molecule has 0 atom stereocenters. The van der Waals surface area contributed by atoms with E-state index in [0.717, 1.165) is 5.56 Å². The van der Waals surface area contributed by atoms with Crippen LogP contribution in [0.5, 0.6) is 11.5 Å². The van der Waals surface area contributed by atoms with Gasteiger partial charge in [-0.05, 0) is 36.2 Å². The number of aryl methyl sites for hydroxylation is 1. The van der Waals surface area contributed by atoms with E-state index in [1.54, 1.807) is 24.3 Å². The summed E-state index contributed by atoms with van der Waals surface area (Å²) in [4.78, 5) is 23.9. The van der Waals surface area contributed by atoms with Crippen molar-refractivity contribution in [2.75, 3.05) is 19.0 Å². The number of hydrazone groups is 1. The fourth-order valence-corrected chi connectivity index (χ4v) is 2.61. The third-order valence-corrected chi connectivity index (χ3v) is 3.98. The van der Waals surface area contributed by atoms with Gasteiger partial charge in [-0.2, -0.15) is 5.10 Å². The van der Waals surface area contributed by atoms with E-state index in [1.165, 1.54) is 13.3 Å². The van der Waals surface area contributed by atoms with Crippen LogP contribution in [0, 0.1) is 19.3 Å². The second kappa shape index (κ2) is 10.7. The van der Waals surface area contributed by atoms with E-state index in [9.17, 15) is 9.59 Å². The molecule has 7 nitrogen and oxygen atoms in total. The van der Waals surface area contributed by atoms with Crippen LogP contribution in [0.25, 0.3) is 0 Å². The summed E-state index contributed by atoms with van der Waals surface area (Å²) >= 11 is 6.17. The summed E-state index contributed by atoms with van der Waals surface area (Å²) < 4.78 is 10.6. The second-order valence-corrected chi connectivity index (χ2v) is 6.27. The summed E-state index contributed by atoms with van der Waals surface area (Å²) in [6, 6.07) is 10.5. The highest BCUT2D eigenvalue weighted by atomic mass is 35.5. The Morgan fingerprint density at radius 2 is 2.03 bits per heavy atom. The van der Waals surface area contributed by atoms with Gasteiger partial charge < -0.3 is 14.8 Å². The van der Waals surface area contributed by atoms with Crippen molar-refractivity contribution in [3.05, 3.63) is 52.5 Å². The van der Waals surface area contributed by atoms with E-state index in [0.29, 0.717) is 22.7 Å². The van der Waals surface area contributed by atoms with Gasteiger partial charge in [-0.25, -0.2) is 5.43 Å². The number of carbonyl (C=O) groups is 2. The lowest BCUT2D eigenvalue weighted by atomic mass is 10.2. The van der Waals surface area contributed by atoms with Crippen molar-refractivity contribution in [1.29, 1.82) is 0 Å². The largest absolute Gasteiger partial charge is 0.493 e. The maximum Gasteiger partial charge on any atom is 0.249 e. The van der Waals surface area contributed by atoms with Gasteiger partial charge in [0.15, 0.2) is 11.5 Å². The average molecular weight is 414 g/mol. The minimum Gasteiger partial charge on any atom is -0.493 e. The molecule has 2 amide bonds. The van der Waals surface area contributed by atoms with Crippen LogP contribution in [0.2, 0.25) is 5.02 Å². The average Bonchev–Trinajstić information content (AvgIpc) is 2.68. The highest BCUT2D eigenvalue weighted by molar-refractivity contribution is 6.32. The molecule has 2 N–H and O–H groups in total. The Morgan fingerprint density at radius 3 is 2.72 bits per heavy atom. The number of benzene rings is 2. The van der Waals surface area contributed by atoms with Crippen molar-refractivity contribution < 1.29 is 19.1 Å². The molecule has 8 heteroatoms. The molecule has 0 spiro atoms. The molecule has 0 unspecified atom stereocenters. The molecule has 0 aliphatic rings. The van der Waals surface area contributed by atoms with Crippen molar-refractivity contribution in [1.82, 2.24) is 5.43 Å². The van der Waals surface area contributed by atoms with Gasteiger partial charge in [0.25, 0.3) is 0 Å². The number of hydrogen-bond donors (Lipinski definition) is 2. The van der Waals surface area contributed by atoms with Gasteiger partial charge in [0, 0.05) is 5.69 Å². The minimum absolute atomic E-state index is 0.0458. The molecule has 2 rings (SSSR count). The molecule has 2 aromatic carbocycles. The van der Waals surface area contributed by atoms with Gasteiger partial charge in [-0.1, -0.05) is 35.7 Å². The maximum absolute atomic E-state index is 12.0. The van der Waals surface area contributed by atoms with Gasteiger partial charge in [-0.15, -0.1) is 6.42 Å². The van der Waals surface area contributed by atoms with Crippen molar-refractivity contribution in [2.45, 2.75) is 13.3 Å². The summed E-state index contributed by atoms with van der Waals surface area (Å²) in [7, 11) is 1.46. The molecule has 0 fully saturated rings. The lowest BCUT2D eigenvalue weighted by Gasteiger charge is -2.11. The molecule has 0 heterocycles. The summed E-state index contributed by atoms with van der Waals surface area (Å²) in [5.41, 5.74) is 4.41. The van der Waals surface area contributed by atoms with Gasteiger partial charge >= 0.3 is 0 Å². The van der Waals surface area contributed by atoms with Crippen LogP contribution >= 0.6 is 11.6 Å². The monoisotopic (exact) mass is 413 g/mol. The lowest BCUT2D eigenvalue weighted by Crippen LogP contribution is -2.24. The zero-order chi connectivity index (χ0) is 21.2. The van der Waals surface area contributed by atoms with E-state index in [-0.39, 0.29) is 18.1 Å². The molecular weight excluding hydrogens is 394 g/mol. The number of terminal acetylenes is 1. The minimum atomic E-state index is -0.556. The predicted octanol–water partition coefficient (Wildman–Crippen LogP) is 3.15. The summed E-state index contributed by atoms with van der Waals surface area (Å²) in [5.74, 6) is 2.05. The Labute approximate surface area is 174 Å². The quantitative estimate of drug-likeness (QED) is 0.301. The second-order valence-electron chi connectivity index (χ2n) is 5.86. The first-order chi connectivity index (χ1) is 13.9. The smallest absolute Gasteiger partial charge is 0.249 e. The number of halogens is 1. The number of methoxy groups -OCH3 is 1. The number of amides is 2. The van der Waals surface area contributed by atoms with E-state index >= 15 is 0 Å². The predicted molar refractivity (Wildman–Crippen MR) is 112 cm³/mol. The molecule has 0 aliphatic heterocycles. The number of rotatable bonds is 8. The Bertz CT molecular complexity index is 967. The Kier molecular flexibility index (Phi) is 8.07. The fourth-order valence-electron chi connectivity index (χ4n) is 2.34. The van der Waals surface area contributed by atoms with E-state index in [1.807, 2.05) is 19.1 Å². The third kappa shape index (κ3) is 6.55. The first-order valence-corrected chi connectivity index (χ1v) is 8.93. The van der Waals surface area contributed by atoms with Crippen LogP contribution in [0.3, 0.4) is 0 Å². The number of nitrogens with zero attached hydrogens (tertiary/aromatic N) is 1. The lowest BCUT2D eigenvalue weighted by molar-refractivity contribution is -0.126. The Hall–Kier alpha value is -3.50. The van der Waals surface area contributed by atoms with Gasteiger partial charge in [0.1, 0.15) is 13.0 Å². The number of ether oxygens (including phenoxy) is 2. The van der Waals surface area contributed by atoms with Crippen LogP contribution in [0.15, 0.2) is 41.5 Å².